The minimum atomic E-state index is -0.691. The molecule has 0 heterocycles. The summed E-state index contributed by atoms with van der Waals surface area (Å²) < 4.78 is 0. The van der Waals surface area contributed by atoms with Crippen LogP contribution in [0.3, 0.4) is 0 Å². The number of hydrogen-bond acceptors (Lipinski definition) is 6. The van der Waals surface area contributed by atoms with E-state index in [1.165, 1.54) is 12.1 Å². The number of carbonyl (C=O) groups is 2. The lowest BCUT2D eigenvalue weighted by molar-refractivity contribution is -0.385. The molecule has 0 unspecified atom stereocenters. The summed E-state index contributed by atoms with van der Waals surface area (Å²) in [7, 11) is 6.83. The summed E-state index contributed by atoms with van der Waals surface area (Å²) in [5.41, 5.74) is 2.01. The third-order valence-corrected chi connectivity index (χ3v) is 5.45. The van der Waals surface area contributed by atoms with Crippen molar-refractivity contribution in [2.75, 3.05) is 38.8 Å². The number of carbonyl (C=O) groups excluding carboxylic acids is 2. The quantitative estimate of drug-likeness (QED) is 0.148. The van der Waals surface area contributed by atoms with Crippen LogP contribution in [0.4, 0.5) is 17.1 Å². The molecule has 2 amide bonds. The van der Waals surface area contributed by atoms with Gasteiger partial charge in [0.1, 0.15) is 17.2 Å². The lowest BCUT2D eigenvalue weighted by Crippen LogP contribution is -3.00. The monoisotopic (exact) mass is 536 g/mol. The molecule has 12 heteroatoms. The summed E-state index contributed by atoms with van der Waals surface area (Å²) in [5, 5.41) is 23.0. The number of halogens is 1. The summed E-state index contributed by atoms with van der Waals surface area (Å²) in [4.78, 5) is 44.8. The Balaban J connectivity index is 0.00000507. The van der Waals surface area contributed by atoms with Crippen LogP contribution in [0.5, 0.6) is 0 Å². The summed E-state index contributed by atoms with van der Waals surface area (Å²) in [6.45, 7) is 0. The maximum absolute atomic E-state index is 12.8. The van der Waals surface area contributed by atoms with Crippen LogP contribution in [-0.4, -0.2) is 56.6 Å². The fraction of sp³-hybridized carbons (Fsp3) is 0.154. The number of nitro groups is 1. The Bertz CT molecular complexity index is 1370. The Morgan fingerprint density at radius 3 is 1.53 bits per heavy atom. The number of nitrogens with one attached hydrogen (secondary N) is 4. The fourth-order valence-electron chi connectivity index (χ4n) is 3.61. The van der Waals surface area contributed by atoms with E-state index in [1.54, 1.807) is 76.7 Å². The van der Waals surface area contributed by atoms with Crippen LogP contribution in [0.1, 0.15) is 31.8 Å². The van der Waals surface area contributed by atoms with Gasteiger partial charge < -0.3 is 33.7 Å². The Morgan fingerprint density at radius 2 is 1.13 bits per heavy atom. The Hall–Kier alpha value is -4.77. The molecule has 0 saturated carbocycles. The predicted molar refractivity (Wildman–Crippen MR) is 145 cm³/mol. The summed E-state index contributed by atoms with van der Waals surface area (Å²) >= 11 is 0. The molecule has 0 spiro atoms. The summed E-state index contributed by atoms with van der Waals surface area (Å²) in [6, 6.07) is 17.5. The van der Waals surface area contributed by atoms with Gasteiger partial charge in [0.2, 0.25) is 0 Å². The maximum Gasteiger partial charge on any atom is 0.282 e. The van der Waals surface area contributed by atoms with Crippen molar-refractivity contribution >= 4 is 40.5 Å². The zero-order valence-electron chi connectivity index (χ0n) is 21.2. The molecule has 0 aliphatic rings. The molecule has 198 valence electrons. The molecule has 0 bridgehead atoms. The van der Waals surface area contributed by atoms with Crippen molar-refractivity contribution in [1.82, 2.24) is 10.6 Å². The van der Waals surface area contributed by atoms with Crippen molar-refractivity contribution in [3.63, 3.8) is 0 Å². The molecule has 3 aromatic carbocycles. The first kappa shape index (κ1) is 29.5. The fourth-order valence-corrected chi connectivity index (χ4v) is 3.61. The second-order valence-corrected chi connectivity index (χ2v) is 7.70. The van der Waals surface area contributed by atoms with Gasteiger partial charge in [-0.15, -0.1) is 0 Å². The average Bonchev–Trinajstić information content (AvgIpc) is 2.91. The van der Waals surface area contributed by atoms with Crippen LogP contribution in [-0.2, 0) is 0 Å². The van der Waals surface area contributed by atoms with Gasteiger partial charge in [-0.1, -0.05) is 0 Å². The van der Waals surface area contributed by atoms with Crippen LogP contribution < -0.4 is 33.7 Å². The average molecular weight is 537 g/mol. The number of amides is 2. The van der Waals surface area contributed by atoms with Gasteiger partial charge in [0.05, 0.1) is 4.92 Å². The minimum absolute atomic E-state index is 0. The summed E-state index contributed by atoms with van der Waals surface area (Å²) in [5.74, 6) is 0.152. The van der Waals surface area contributed by atoms with Gasteiger partial charge in [-0.25, -0.2) is 0 Å². The highest BCUT2D eigenvalue weighted by Crippen LogP contribution is 2.23. The molecule has 0 radical (unpaired) electrons. The molecule has 0 aliphatic carbocycles. The van der Waals surface area contributed by atoms with Crippen molar-refractivity contribution in [2.24, 2.45) is 9.98 Å². The first-order valence-corrected chi connectivity index (χ1v) is 11.2. The molecule has 3 rings (SSSR count). The zero-order chi connectivity index (χ0) is 26.9. The van der Waals surface area contributed by atoms with Crippen molar-refractivity contribution in [2.45, 2.75) is 0 Å². The first-order chi connectivity index (χ1) is 17.8. The molecule has 0 saturated heterocycles. The number of anilines is 2. The maximum atomic E-state index is 12.8. The number of benzene rings is 3. The second kappa shape index (κ2) is 13.5. The van der Waals surface area contributed by atoms with Crippen molar-refractivity contribution in [3.8, 4) is 0 Å². The van der Waals surface area contributed by atoms with Gasteiger partial charge >= 0.3 is 0 Å². The van der Waals surface area contributed by atoms with E-state index >= 15 is 0 Å². The smallest absolute Gasteiger partial charge is 0.282 e. The van der Waals surface area contributed by atoms with Crippen LogP contribution in [0.2, 0.25) is 0 Å². The number of hydrogen-bond donors (Lipinski definition) is 4. The van der Waals surface area contributed by atoms with E-state index in [0.29, 0.717) is 23.0 Å². The number of nitro benzene ring substituents is 1. The molecular weight excluding hydrogens is 510 g/mol. The van der Waals surface area contributed by atoms with E-state index < -0.39 is 22.4 Å². The molecule has 0 fully saturated rings. The number of rotatable bonds is 7. The van der Waals surface area contributed by atoms with Crippen molar-refractivity contribution in [1.29, 1.82) is 0 Å². The molecule has 0 aromatic heterocycles. The predicted octanol–water partition coefficient (Wildman–Crippen LogP) is 0.295. The third-order valence-electron chi connectivity index (χ3n) is 5.45. The molecule has 0 atom stereocenters. The molecule has 0 aliphatic heterocycles. The molecular formula is C26H27ClN7O4-. The SMILES string of the molecule is CN=C(NC)c1ccc(NC(=O)c2ccc(C(=O)Nc3ccc(C(=NC)NC)cc3)c([N+](=O)[O-])c2)cc1.[Cl-]. The van der Waals surface area contributed by atoms with Crippen LogP contribution in [0.15, 0.2) is 76.7 Å². The van der Waals surface area contributed by atoms with E-state index in [4.69, 9.17) is 0 Å². The zero-order valence-corrected chi connectivity index (χ0v) is 22.0. The standard InChI is InChI=1S/C26H27N7O4.ClH/c1-27-23(28-2)16-5-10-19(11-6-16)31-25(34)18-9-14-21(22(15-18)33(36)37)26(35)32-20-12-7-17(8-13-20)24(29-3)30-4;/h5-15H,1-4H3,(H,27,28)(H,29,30)(H,31,34)(H,32,35);1H/p-1. The first-order valence-electron chi connectivity index (χ1n) is 11.2. The van der Waals surface area contributed by atoms with Crippen LogP contribution in [0, 0.1) is 10.1 Å². The summed E-state index contributed by atoms with van der Waals surface area (Å²) in [6.07, 6.45) is 0. The van der Waals surface area contributed by atoms with Gasteiger partial charge in [0.25, 0.3) is 17.5 Å². The number of aliphatic imine (C=N–C) groups is 2. The van der Waals surface area contributed by atoms with E-state index in [1.807, 2.05) is 0 Å². The highest BCUT2D eigenvalue weighted by atomic mass is 35.5. The van der Waals surface area contributed by atoms with Gasteiger partial charge in [-0.2, -0.15) is 0 Å². The van der Waals surface area contributed by atoms with Gasteiger partial charge in [0.15, 0.2) is 0 Å². The van der Waals surface area contributed by atoms with Crippen LogP contribution in [0.25, 0.3) is 0 Å². The molecule has 11 nitrogen and oxygen atoms in total. The highest BCUT2D eigenvalue weighted by molar-refractivity contribution is 6.10. The lowest BCUT2D eigenvalue weighted by atomic mass is 10.1. The Labute approximate surface area is 226 Å². The van der Waals surface area contributed by atoms with E-state index in [2.05, 4.69) is 31.3 Å². The normalized spacial score (nSPS) is 11.2. The Morgan fingerprint density at radius 1 is 0.711 bits per heavy atom. The number of nitrogens with zero attached hydrogens (tertiary/aromatic N) is 3. The molecule has 3 aromatic rings. The van der Waals surface area contributed by atoms with Gasteiger partial charge in [-0.05, 0) is 60.7 Å². The largest absolute Gasteiger partial charge is 1.00 e. The van der Waals surface area contributed by atoms with E-state index in [0.717, 1.165) is 17.2 Å². The molecule has 38 heavy (non-hydrogen) atoms. The van der Waals surface area contributed by atoms with Gasteiger partial charge in [-0.3, -0.25) is 29.7 Å². The highest BCUT2D eigenvalue weighted by Gasteiger charge is 2.23. The lowest BCUT2D eigenvalue weighted by Gasteiger charge is -2.10. The second-order valence-electron chi connectivity index (χ2n) is 7.70. The number of amidine groups is 2. The minimum Gasteiger partial charge on any atom is -1.00 e. The Kier molecular flexibility index (Phi) is 10.5. The van der Waals surface area contributed by atoms with Crippen molar-refractivity contribution in [3.05, 3.63) is 99.1 Å². The van der Waals surface area contributed by atoms with E-state index in [9.17, 15) is 19.7 Å². The third kappa shape index (κ3) is 6.92. The van der Waals surface area contributed by atoms with E-state index in [-0.39, 0.29) is 23.5 Å². The van der Waals surface area contributed by atoms with Crippen molar-refractivity contribution < 1.29 is 26.9 Å². The van der Waals surface area contributed by atoms with Crippen LogP contribution >= 0.6 is 0 Å². The topological polar surface area (TPSA) is 150 Å². The van der Waals surface area contributed by atoms with Gasteiger partial charge in [0, 0.05) is 62.3 Å². The molecule has 4 N–H and O–H groups in total.